The van der Waals surface area contributed by atoms with Crippen molar-refractivity contribution < 1.29 is 18.1 Å². The molecule has 0 aromatic rings. The predicted octanol–water partition coefficient (Wildman–Crippen LogP) is -1.13. The molecule has 1 heterocycles. The Morgan fingerprint density at radius 1 is 1.19 bits per heavy atom. The first-order valence-corrected chi connectivity index (χ1v) is 6.95. The van der Waals surface area contributed by atoms with Gasteiger partial charge in [-0.25, -0.2) is 0 Å². The van der Waals surface area contributed by atoms with E-state index in [-0.39, 0.29) is 6.61 Å². The Morgan fingerprint density at radius 2 is 1.69 bits per heavy atom. The molecular weight excluding hydrogens is 232 g/mol. The maximum absolute atomic E-state index is 10.9. The minimum Gasteiger partial charge on any atom is -0.395 e. The lowest BCUT2D eigenvalue weighted by atomic mass is 10.3. The van der Waals surface area contributed by atoms with Crippen LogP contribution in [0.3, 0.4) is 0 Å². The van der Waals surface area contributed by atoms with Crippen LogP contribution in [0.1, 0.15) is 6.92 Å². The topological polar surface area (TPSA) is 81.1 Å². The van der Waals surface area contributed by atoms with Crippen LogP contribution >= 0.6 is 0 Å². The van der Waals surface area contributed by atoms with E-state index in [4.69, 9.17) is 9.66 Å². The molecule has 0 aromatic carbocycles. The average Bonchev–Trinajstić information content (AvgIpc) is 2.20. The average molecular weight is 252 g/mol. The van der Waals surface area contributed by atoms with E-state index < -0.39 is 15.4 Å². The summed E-state index contributed by atoms with van der Waals surface area (Å²) in [5.74, 6) is 0. The summed E-state index contributed by atoms with van der Waals surface area (Å²) in [6.07, 6.45) is 0. The number of nitrogens with zero attached hydrogens (tertiary/aromatic N) is 2. The van der Waals surface area contributed by atoms with Crippen LogP contribution in [0.15, 0.2) is 0 Å². The monoisotopic (exact) mass is 252 g/mol. The fraction of sp³-hybridized carbons (Fsp3) is 1.00. The van der Waals surface area contributed by atoms with Gasteiger partial charge in [0.15, 0.2) is 0 Å². The van der Waals surface area contributed by atoms with Crippen LogP contribution in [0, 0.1) is 0 Å². The van der Waals surface area contributed by atoms with E-state index in [1.165, 1.54) is 6.92 Å². The highest BCUT2D eigenvalue weighted by Gasteiger charge is 2.23. The van der Waals surface area contributed by atoms with Crippen molar-refractivity contribution in [3.05, 3.63) is 0 Å². The maximum Gasteiger partial charge on any atom is 0.268 e. The Morgan fingerprint density at radius 3 is 2.12 bits per heavy atom. The first-order valence-electron chi connectivity index (χ1n) is 5.45. The minimum absolute atomic E-state index is 0.154. The summed E-state index contributed by atoms with van der Waals surface area (Å²) in [5.41, 5.74) is 0. The van der Waals surface area contributed by atoms with Gasteiger partial charge in [-0.15, -0.1) is 0 Å². The molecule has 0 bridgehead atoms. The molecule has 0 aliphatic carbocycles. The van der Waals surface area contributed by atoms with E-state index in [0.29, 0.717) is 13.1 Å². The van der Waals surface area contributed by atoms with Crippen LogP contribution in [-0.4, -0.2) is 79.0 Å². The van der Waals surface area contributed by atoms with Crippen molar-refractivity contribution in [2.75, 3.05) is 45.9 Å². The summed E-state index contributed by atoms with van der Waals surface area (Å²) in [5, 5.41) is 8.03. The Bertz CT molecular complexity index is 299. The largest absolute Gasteiger partial charge is 0.395 e. The minimum atomic E-state index is -3.92. The molecule has 0 saturated carbocycles. The highest BCUT2D eigenvalue weighted by atomic mass is 32.2. The van der Waals surface area contributed by atoms with Gasteiger partial charge in [0, 0.05) is 39.3 Å². The second kappa shape index (κ2) is 5.92. The van der Waals surface area contributed by atoms with Crippen molar-refractivity contribution in [1.29, 1.82) is 0 Å². The third-order valence-corrected chi connectivity index (χ3v) is 4.07. The fourth-order valence-corrected chi connectivity index (χ4v) is 2.19. The van der Waals surface area contributed by atoms with Crippen LogP contribution in [0.25, 0.3) is 0 Å². The van der Waals surface area contributed by atoms with E-state index in [0.717, 1.165) is 26.2 Å². The van der Waals surface area contributed by atoms with E-state index in [1.54, 1.807) is 0 Å². The number of aliphatic hydroxyl groups is 1. The number of rotatable bonds is 5. The highest BCUT2D eigenvalue weighted by molar-refractivity contribution is 7.86. The van der Waals surface area contributed by atoms with Gasteiger partial charge >= 0.3 is 0 Å². The Balaban J connectivity index is 2.32. The molecule has 1 rings (SSSR count). The van der Waals surface area contributed by atoms with Gasteiger partial charge < -0.3 is 5.11 Å². The first-order chi connectivity index (χ1) is 7.43. The molecule has 0 aromatic heterocycles. The first kappa shape index (κ1) is 13.9. The van der Waals surface area contributed by atoms with Gasteiger partial charge in [-0.1, -0.05) is 0 Å². The zero-order chi connectivity index (χ0) is 12.2. The van der Waals surface area contributed by atoms with Crippen molar-refractivity contribution in [3.8, 4) is 0 Å². The lowest BCUT2D eigenvalue weighted by Crippen LogP contribution is -2.49. The number of hydrogen-bond donors (Lipinski definition) is 2. The number of β-amino-alcohol motifs (C(OH)–C–C–N with tert-alkyl or cyclic N) is 1. The van der Waals surface area contributed by atoms with Gasteiger partial charge in [0.1, 0.15) is 0 Å². The van der Waals surface area contributed by atoms with Gasteiger partial charge in [0.05, 0.1) is 11.9 Å². The van der Waals surface area contributed by atoms with Crippen LogP contribution in [0.5, 0.6) is 0 Å². The number of piperazine rings is 1. The summed E-state index contributed by atoms with van der Waals surface area (Å²) in [4.78, 5) is 4.15. The predicted molar refractivity (Wildman–Crippen MR) is 61.0 cm³/mol. The molecule has 1 unspecified atom stereocenters. The van der Waals surface area contributed by atoms with E-state index >= 15 is 0 Å². The zero-order valence-electron chi connectivity index (χ0n) is 9.54. The smallest absolute Gasteiger partial charge is 0.268 e. The Kier molecular flexibility index (Phi) is 5.13. The summed E-state index contributed by atoms with van der Waals surface area (Å²) in [6, 6.07) is 0. The highest BCUT2D eigenvalue weighted by Crippen LogP contribution is 2.05. The molecule has 1 aliphatic heterocycles. The van der Waals surface area contributed by atoms with Gasteiger partial charge in [0.25, 0.3) is 10.1 Å². The summed E-state index contributed by atoms with van der Waals surface area (Å²) < 4.78 is 30.6. The summed E-state index contributed by atoms with van der Waals surface area (Å²) in [6.45, 7) is 5.92. The van der Waals surface area contributed by atoms with Crippen molar-refractivity contribution in [2.45, 2.75) is 12.2 Å². The van der Waals surface area contributed by atoms with Crippen LogP contribution in [0.4, 0.5) is 0 Å². The zero-order valence-corrected chi connectivity index (χ0v) is 10.4. The molecular formula is C9H20N2O4S. The third-order valence-electron chi connectivity index (χ3n) is 2.90. The SMILES string of the molecule is CC(CN1CCN(CCO)CC1)S(=O)(=O)O. The second-order valence-corrected chi connectivity index (χ2v) is 6.03. The molecule has 6 nitrogen and oxygen atoms in total. The molecule has 1 saturated heterocycles. The van der Waals surface area contributed by atoms with E-state index in [9.17, 15) is 8.42 Å². The van der Waals surface area contributed by atoms with E-state index in [1.807, 2.05) is 4.90 Å². The van der Waals surface area contributed by atoms with Crippen molar-refractivity contribution in [2.24, 2.45) is 0 Å². The molecule has 1 aliphatic rings. The molecule has 0 radical (unpaired) electrons. The number of hydrogen-bond acceptors (Lipinski definition) is 5. The summed E-state index contributed by atoms with van der Waals surface area (Å²) in [7, 11) is -3.92. The molecule has 0 amide bonds. The Labute approximate surface area is 96.6 Å². The summed E-state index contributed by atoms with van der Waals surface area (Å²) >= 11 is 0. The normalized spacial score (nSPS) is 22.2. The van der Waals surface area contributed by atoms with Gasteiger partial charge in [-0.3, -0.25) is 14.4 Å². The molecule has 96 valence electrons. The van der Waals surface area contributed by atoms with E-state index in [2.05, 4.69) is 4.90 Å². The van der Waals surface area contributed by atoms with Gasteiger partial charge in [-0.2, -0.15) is 8.42 Å². The van der Waals surface area contributed by atoms with Crippen molar-refractivity contribution >= 4 is 10.1 Å². The molecule has 0 spiro atoms. The maximum atomic E-state index is 10.9. The van der Waals surface area contributed by atoms with Gasteiger partial charge in [0.2, 0.25) is 0 Å². The molecule has 1 fully saturated rings. The van der Waals surface area contributed by atoms with Crippen LogP contribution in [0.2, 0.25) is 0 Å². The van der Waals surface area contributed by atoms with Gasteiger partial charge in [-0.05, 0) is 6.92 Å². The Hall–Kier alpha value is -0.210. The van der Waals surface area contributed by atoms with Crippen molar-refractivity contribution in [3.63, 3.8) is 0 Å². The quantitative estimate of drug-likeness (QED) is 0.603. The lowest BCUT2D eigenvalue weighted by Gasteiger charge is -2.35. The van der Waals surface area contributed by atoms with Crippen LogP contribution in [-0.2, 0) is 10.1 Å². The van der Waals surface area contributed by atoms with Crippen molar-refractivity contribution in [1.82, 2.24) is 9.80 Å². The molecule has 16 heavy (non-hydrogen) atoms. The molecule has 1 atom stereocenters. The number of aliphatic hydroxyl groups excluding tert-OH is 1. The lowest BCUT2D eigenvalue weighted by molar-refractivity contribution is 0.113. The van der Waals surface area contributed by atoms with Crippen LogP contribution < -0.4 is 0 Å². The standard InChI is InChI=1S/C9H20N2O4S/c1-9(16(13,14)15)8-11-4-2-10(3-5-11)6-7-12/h9,12H,2-8H2,1H3,(H,13,14,15). The molecule has 2 N–H and O–H groups in total. The second-order valence-electron chi connectivity index (χ2n) is 4.19. The third kappa shape index (κ3) is 4.34. The molecule has 7 heteroatoms. The fourth-order valence-electron chi connectivity index (χ4n) is 1.79.